The van der Waals surface area contributed by atoms with Gasteiger partial charge in [-0.25, -0.2) is 74.3 Å². The van der Waals surface area contributed by atoms with Gasteiger partial charge in [0.1, 0.15) is 27.6 Å². The summed E-state index contributed by atoms with van der Waals surface area (Å²) in [5.74, 6) is -5.08. The molecule has 18 rings (SSSR count). The Morgan fingerprint density at radius 3 is 0.896 bits per heavy atom. The molecule has 0 aliphatic heterocycles. The molecule has 5 amide bonds. The monoisotopic (exact) mass is 1960 g/mol. The van der Waals surface area contributed by atoms with Gasteiger partial charge in [0.15, 0.2) is 29.1 Å². The largest absolute Gasteiger partial charge is 0.352 e. The number of carbonyl (C=O) groups is 5. The number of hydrogen-bond acceptors (Lipinski definition) is 20. The zero-order valence-corrected chi connectivity index (χ0v) is 77.4. The van der Waals surface area contributed by atoms with Gasteiger partial charge < -0.3 is 51.5 Å². The van der Waals surface area contributed by atoms with Gasteiger partial charge in [0, 0.05) is 47.9 Å². The molecule has 2 aliphatic rings. The summed E-state index contributed by atoms with van der Waals surface area (Å²) in [4.78, 5) is 123. The Morgan fingerprint density at radius 1 is 0.356 bits per heavy atom. The third-order valence-electron chi connectivity index (χ3n) is 20.7. The SMILES string of the molecule is CONC(=O)c1cc2[nH]cnc2c(F)c1Nc1ccc(Cl)cc1C.Cc1cc(Cl)ccc1Nc1c(C(=O)NOC(C)(C)C)cc2[nH]cnc2c1F.Cc1cc(Cl)ccc1Nc1c(C(=O)NOCC2CC2)cc2[nH]cnc2c1F.Cc1cc(Cl)ccc1Nc1c(C(=O)NOCc2ccccc2)cc2[nH]cnc2c1F.O=C(NOCC1CC1)c1cc2[nH]cnc2c(F)c1Nc1ccc(Cl)cc1Cl. The average Bonchev–Trinajstić information content (AvgIpc) is 1.76. The summed E-state index contributed by atoms with van der Waals surface area (Å²) >= 11 is 36.0. The minimum atomic E-state index is -0.674. The van der Waals surface area contributed by atoms with Gasteiger partial charge in [-0.3, -0.25) is 48.2 Å². The van der Waals surface area contributed by atoms with Crippen LogP contribution in [0.1, 0.15) is 126 Å². The summed E-state index contributed by atoms with van der Waals surface area (Å²) in [6.45, 7) is 13.8. The van der Waals surface area contributed by atoms with Crippen molar-refractivity contribution in [1.29, 1.82) is 0 Å². The van der Waals surface area contributed by atoms with E-state index in [0.717, 1.165) is 53.5 Å². The van der Waals surface area contributed by atoms with Crippen LogP contribution in [0.15, 0.2) is 183 Å². The van der Waals surface area contributed by atoms with Crippen molar-refractivity contribution < 1.29 is 70.1 Å². The molecule has 5 aromatic heterocycles. The first-order chi connectivity index (χ1) is 64.7. The van der Waals surface area contributed by atoms with E-state index in [1.165, 1.54) is 69.1 Å². The van der Waals surface area contributed by atoms with E-state index in [9.17, 15) is 28.4 Å². The van der Waals surface area contributed by atoms with Gasteiger partial charge in [-0.2, -0.15) is 0 Å². The van der Waals surface area contributed by atoms with E-state index in [-0.39, 0.29) is 90.4 Å². The molecule has 0 unspecified atom stereocenters. The highest BCUT2D eigenvalue weighted by atomic mass is 35.5. The van der Waals surface area contributed by atoms with Gasteiger partial charge in [-0.15, -0.1) is 0 Å². The lowest BCUT2D eigenvalue weighted by Gasteiger charge is -2.20. The maximum atomic E-state index is 15.2. The second kappa shape index (κ2) is 43.5. The molecule has 0 atom stereocenters. The van der Waals surface area contributed by atoms with Crippen LogP contribution in [-0.2, 0) is 30.8 Å². The molecule has 16 aromatic rings. The number of nitrogens with zero attached hydrogens (tertiary/aromatic N) is 5. The molecule has 2 aliphatic carbocycles. The number of imidazole rings is 5. The van der Waals surface area contributed by atoms with Crippen LogP contribution in [0.3, 0.4) is 0 Å². The van der Waals surface area contributed by atoms with E-state index in [2.05, 4.69) is 109 Å². The molecule has 0 radical (unpaired) electrons. The zero-order chi connectivity index (χ0) is 96.1. The number of aromatic nitrogens is 10. The summed E-state index contributed by atoms with van der Waals surface area (Å²) in [5.41, 5.74) is 21.3. The third-order valence-corrected chi connectivity index (χ3v) is 22.2. The van der Waals surface area contributed by atoms with Crippen molar-refractivity contribution in [3.05, 3.63) is 298 Å². The number of halogens is 11. The van der Waals surface area contributed by atoms with Gasteiger partial charge >= 0.3 is 0 Å². The number of hydrogen-bond donors (Lipinski definition) is 15. The van der Waals surface area contributed by atoms with E-state index >= 15 is 17.6 Å². The Balaban J connectivity index is 0.000000135. The quantitative estimate of drug-likeness (QED) is 0.0177. The summed E-state index contributed by atoms with van der Waals surface area (Å²) < 4.78 is 75.3. The number of amides is 5. The topological polar surface area (TPSA) is 395 Å². The highest BCUT2D eigenvalue weighted by Crippen LogP contribution is 2.40. The van der Waals surface area contributed by atoms with Crippen molar-refractivity contribution in [3.8, 4) is 0 Å². The number of H-pyrrole nitrogens is 5. The van der Waals surface area contributed by atoms with Gasteiger partial charge in [0.2, 0.25) is 0 Å². The normalized spacial score (nSPS) is 12.2. The predicted molar refractivity (Wildman–Crippen MR) is 512 cm³/mol. The molecule has 2 saturated carbocycles. The highest BCUT2D eigenvalue weighted by Gasteiger charge is 2.30. The Labute approximate surface area is 796 Å². The molecule has 0 spiro atoms. The average molecular weight is 1960 g/mol. The van der Waals surface area contributed by atoms with Crippen LogP contribution in [0.5, 0.6) is 0 Å². The number of anilines is 10. The fourth-order valence-electron chi connectivity index (χ4n) is 13.4. The molecule has 135 heavy (non-hydrogen) atoms. The first kappa shape index (κ1) is 97.3. The van der Waals surface area contributed by atoms with Crippen LogP contribution in [-0.4, -0.2) is 105 Å². The first-order valence-electron chi connectivity index (χ1n) is 41.5. The summed E-state index contributed by atoms with van der Waals surface area (Å²) in [6.07, 6.45) is 11.2. The maximum absolute atomic E-state index is 15.2. The highest BCUT2D eigenvalue weighted by molar-refractivity contribution is 6.36. The predicted octanol–water partition coefficient (Wildman–Crippen LogP) is 23.1. The van der Waals surface area contributed by atoms with Gasteiger partial charge in [-0.1, -0.05) is 99.9 Å². The van der Waals surface area contributed by atoms with Crippen LogP contribution in [0.25, 0.3) is 55.2 Å². The lowest BCUT2D eigenvalue weighted by Crippen LogP contribution is -2.34. The second-order valence-corrected chi connectivity index (χ2v) is 34.6. The standard InChI is InChI=1S/C22H18ClFN4O2.C19H18ClFN4O2.C19H20ClFN4O2.C18H15Cl2FN4O2.C16H14ClFN4O2/c1-13-9-15(23)7-8-17(13)27-20-16(10-18-21(19(20)24)26-12-25-18)22(29)28-30-11-14-5-3-2-4-6-14;1-10-6-12(20)4-5-14(10)24-17-13(19(26)25-27-8-11-2-3-11)7-15-18(16(17)21)23-9-22-15;1-10-7-11(20)5-6-13(10)24-16-12(18(26)25-27-19(2,3)4)8-14-17(15(16)21)23-9-22-14;19-10-3-4-13(12(20)5-10)24-16-11(18(26)25-27-7-9-1-2-9)6-14-17(15(16)21)23-8-22-14;1-8-5-9(17)3-4-11(8)21-14-10(16(23)22-24-2)6-12-15(13(14)18)20-7-19-12/h2-10,12,27H,11H2,1H3,(H,25,26)(H,28,29);4-7,9,11,24H,2-3,8H2,1H3,(H,22,23)(H,25,26);5-9,24H,1-4H3,(H,22,23)(H,25,26);3-6,8-9,24H,1-2,7H2,(H,22,23)(H,25,26);3-7,21H,1-2H3,(H,19,20)(H,22,23). The zero-order valence-electron chi connectivity index (χ0n) is 72.9. The van der Waals surface area contributed by atoms with E-state index in [0.29, 0.717) is 111 Å². The molecule has 2 fully saturated rings. The summed E-state index contributed by atoms with van der Waals surface area (Å²) in [7, 11) is 1.30. The third kappa shape index (κ3) is 24.5. The number of aromatic amines is 5. The minimum Gasteiger partial charge on any atom is -0.352 e. The van der Waals surface area contributed by atoms with Crippen molar-refractivity contribution in [2.45, 2.75) is 86.4 Å². The van der Waals surface area contributed by atoms with Gasteiger partial charge in [0.25, 0.3) is 29.5 Å². The number of rotatable bonds is 26. The number of hydroxylamine groups is 5. The molecule has 15 N–H and O–H groups in total. The molecule has 11 aromatic carbocycles. The van der Waals surface area contributed by atoms with Crippen molar-refractivity contribution in [1.82, 2.24) is 77.2 Å². The van der Waals surface area contributed by atoms with E-state index in [1.807, 2.05) is 58.0 Å². The lowest BCUT2D eigenvalue weighted by atomic mass is 10.1. The van der Waals surface area contributed by atoms with Crippen molar-refractivity contribution in [2.24, 2.45) is 11.8 Å². The summed E-state index contributed by atoms with van der Waals surface area (Å²) in [5, 5.41) is 17.8. The van der Waals surface area contributed by atoms with Gasteiger partial charge in [0.05, 0.1) is 159 Å². The number of nitrogens with one attached hydrogen (secondary N) is 15. The first-order valence-corrected chi connectivity index (χ1v) is 43.8. The van der Waals surface area contributed by atoms with E-state index in [1.54, 1.807) is 112 Å². The fraction of sp³-hybridized carbons (Fsp3) is 0.191. The number of carbonyl (C=O) groups excluding carboxylic acids is 5. The number of aryl methyl sites for hydroxylation is 4. The van der Waals surface area contributed by atoms with Crippen LogP contribution in [0, 0.1) is 68.6 Å². The molecular formula is C94H85Cl6F5N20O10. The van der Waals surface area contributed by atoms with Crippen molar-refractivity contribution in [2.75, 3.05) is 46.9 Å². The Morgan fingerprint density at radius 2 is 0.622 bits per heavy atom. The number of benzene rings is 11. The minimum absolute atomic E-state index is 0.000772. The lowest BCUT2D eigenvalue weighted by molar-refractivity contribution is -0.0589. The molecule has 30 nitrogen and oxygen atoms in total. The van der Waals surface area contributed by atoms with Crippen LogP contribution in [0.4, 0.5) is 78.8 Å². The molecule has 0 saturated heterocycles. The fourth-order valence-corrected chi connectivity index (χ4v) is 14.8. The molecule has 698 valence electrons. The maximum Gasteiger partial charge on any atom is 0.277 e. The Kier molecular flexibility index (Phi) is 31.4. The molecule has 0 bridgehead atoms. The number of fused-ring (bicyclic) bond motifs is 5. The van der Waals surface area contributed by atoms with Crippen LogP contribution >= 0.6 is 69.6 Å². The van der Waals surface area contributed by atoms with Gasteiger partial charge in [-0.05, 0) is 235 Å². The van der Waals surface area contributed by atoms with E-state index < -0.39 is 64.2 Å². The Hall–Kier alpha value is -13.7. The molecule has 5 heterocycles. The van der Waals surface area contributed by atoms with Crippen LogP contribution in [0.2, 0.25) is 30.1 Å². The smallest absolute Gasteiger partial charge is 0.277 e. The van der Waals surface area contributed by atoms with E-state index in [4.69, 9.17) is 89.0 Å². The van der Waals surface area contributed by atoms with Crippen molar-refractivity contribution in [3.63, 3.8) is 0 Å². The van der Waals surface area contributed by atoms with Crippen molar-refractivity contribution >= 4 is 211 Å². The second-order valence-electron chi connectivity index (χ2n) is 32.0. The molecule has 41 heteroatoms. The summed E-state index contributed by atoms with van der Waals surface area (Å²) in [6, 6.07) is 42.4. The molecular weight excluding hydrogens is 1880 g/mol. The Bertz CT molecular complexity index is 6950. The van der Waals surface area contributed by atoms with Crippen LogP contribution < -0.4 is 54.0 Å².